The summed E-state index contributed by atoms with van der Waals surface area (Å²) in [6, 6.07) is 0. The summed E-state index contributed by atoms with van der Waals surface area (Å²) >= 11 is 0. The van der Waals surface area contributed by atoms with Gasteiger partial charge in [-0.3, -0.25) is 9.59 Å². The maximum Gasteiger partial charge on any atom is 0.222 e. The number of rotatable bonds is 5. The summed E-state index contributed by atoms with van der Waals surface area (Å²) in [5, 5.41) is 0. The van der Waals surface area contributed by atoms with Crippen molar-refractivity contribution >= 4 is 11.7 Å². The van der Waals surface area contributed by atoms with Gasteiger partial charge in [-0.15, -0.1) is 0 Å². The number of allylic oxidation sites excluding steroid dienone is 1. The molecule has 0 radical (unpaired) electrons. The van der Waals surface area contributed by atoms with Crippen molar-refractivity contribution in [2.45, 2.75) is 32.6 Å². The lowest BCUT2D eigenvalue weighted by Gasteiger charge is -2.14. The van der Waals surface area contributed by atoms with Gasteiger partial charge in [0.15, 0.2) is 5.78 Å². The van der Waals surface area contributed by atoms with E-state index in [1.807, 2.05) is 4.90 Å². The molecule has 1 rings (SSSR count). The van der Waals surface area contributed by atoms with Crippen LogP contribution in [0.15, 0.2) is 12.2 Å². The zero-order chi connectivity index (χ0) is 10.6. The molecule has 3 nitrogen and oxygen atoms in total. The minimum absolute atomic E-state index is 0.108. The van der Waals surface area contributed by atoms with Gasteiger partial charge in [0, 0.05) is 25.9 Å². The maximum absolute atomic E-state index is 11.2. The van der Waals surface area contributed by atoms with Crippen LogP contribution in [-0.4, -0.2) is 29.7 Å². The number of hydrogen-bond acceptors (Lipinski definition) is 2. The molecule has 1 aliphatic heterocycles. The van der Waals surface area contributed by atoms with Gasteiger partial charge in [-0.05, 0) is 25.3 Å². The number of Topliss-reactive ketones (excluding diaryl/α,β-unsaturated/α-hetero) is 1. The number of ketones is 1. The average molecular weight is 195 g/mol. The van der Waals surface area contributed by atoms with Crippen molar-refractivity contribution in [1.29, 1.82) is 0 Å². The lowest BCUT2D eigenvalue weighted by Crippen LogP contribution is -2.26. The van der Waals surface area contributed by atoms with E-state index in [2.05, 4.69) is 6.58 Å². The minimum Gasteiger partial charge on any atom is -0.343 e. The van der Waals surface area contributed by atoms with Crippen LogP contribution < -0.4 is 0 Å². The Labute approximate surface area is 84.8 Å². The zero-order valence-corrected chi connectivity index (χ0v) is 8.71. The van der Waals surface area contributed by atoms with Gasteiger partial charge in [0.2, 0.25) is 5.91 Å². The lowest BCUT2D eigenvalue weighted by molar-refractivity contribution is -0.128. The van der Waals surface area contributed by atoms with Crippen molar-refractivity contribution in [3.8, 4) is 0 Å². The second-order valence-corrected chi connectivity index (χ2v) is 3.79. The van der Waals surface area contributed by atoms with E-state index in [1.54, 1.807) is 6.92 Å². The Balaban J connectivity index is 2.18. The second-order valence-electron chi connectivity index (χ2n) is 3.79. The van der Waals surface area contributed by atoms with E-state index in [1.165, 1.54) is 0 Å². The Hall–Kier alpha value is -1.12. The van der Waals surface area contributed by atoms with Gasteiger partial charge >= 0.3 is 0 Å². The average Bonchev–Trinajstić information content (AvgIpc) is 2.51. The van der Waals surface area contributed by atoms with Crippen LogP contribution >= 0.6 is 0 Å². The van der Waals surface area contributed by atoms with Crippen molar-refractivity contribution in [1.82, 2.24) is 4.90 Å². The molecule has 14 heavy (non-hydrogen) atoms. The van der Waals surface area contributed by atoms with Gasteiger partial charge < -0.3 is 4.90 Å². The quantitative estimate of drug-likeness (QED) is 0.624. The topological polar surface area (TPSA) is 37.4 Å². The van der Waals surface area contributed by atoms with Crippen molar-refractivity contribution < 1.29 is 9.59 Å². The highest BCUT2D eigenvalue weighted by molar-refractivity contribution is 5.94. The van der Waals surface area contributed by atoms with Crippen LogP contribution in [-0.2, 0) is 9.59 Å². The van der Waals surface area contributed by atoms with E-state index in [0.717, 1.165) is 25.9 Å². The zero-order valence-electron chi connectivity index (χ0n) is 8.71. The van der Waals surface area contributed by atoms with E-state index in [-0.39, 0.29) is 11.7 Å². The van der Waals surface area contributed by atoms with Gasteiger partial charge in [0.1, 0.15) is 0 Å². The van der Waals surface area contributed by atoms with Crippen LogP contribution in [0.4, 0.5) is 0 Å². The second kappa shape index (κ2) is 4.94. The molecule has 1 heterocycles. The summed E-state index contributed by atoms with van der Waals surface area (Å²) in [5.74, 6) is 0.337. The minimum atomic E-state index is 0.108. The van der Waals surface area contributed by atoms with Crippen molar-refractivity contribution in [2.24, 2.45) is 0 Å². The largest absolute Gasteiger partial charge is 0.343 e. The third kappa shape index (κ3) is 2.98. The standard InChI is InChI=1S/C11H17NO2/c1-9(2)10(13)5-3-7-12-8-4-6-11(12)14/h1,3-8H2,2H3. The van der Waals surface area contributed by atoms with Gasteiger partial charge in [-0.2, -0.15) is 0 Å². The molecule has 3 heteroatoms. The molecule has 78 valence electrons. The van der Waals surface area contributed by atoms with E-state index in [9.17, 15) is 9.59 Å². The van der Waals surface area contributed by atoms with E-state index in [4.69, 9.17) is 0 Å². The first kappa shape index (κ1) is 11.0. The highest BCUT2D eigenvalue weighted by Gasteiger charge is 2.19. The van der Waals surface area contributed by atoms with E-state index in [0.29, 0.717) is 18.4 Å². The molecule has 0 spiro atoms. The highest BCUT2D eigenvalue weighted by Crippen LogP contribution is 2.11. The molecule has 1 aliphatic rings. The number of hydrogen-bond donors (Lipinski definition) is 0. The number of likely N-dealkylation sites (tertiary alicyclic amines) is 1. The fourth-order valence-corrected chi connectivity index (χ4v) is 1.58. The Morgan fingerprint density at radius 3 is 2.79 bits per heavy atom. The van der Waals surface area contributed by atoms with Crippen LogP contribution in [0.2, 0.25) is 0 Å². The smallest absolute Gasteiger partial charge is 0.222 e. The van der Waals surface area contributed by atoms with Crippen LogP contribution in [0, 0.1) is 0 Å². The molecule has 1 fully saturated rings. The first-order valence-corrected chi connectivity index (χ1v) is 5.07. The first-order chi connectivity index (χ1) is 6.61. The summed E-state index contributed by atoms with van der Waals surface area (Å²) in [4.78, 5) is 24.2. The molecule has 0 unspecified atom stereocenters. The Kier molecular flexibility index (Phi) is 3.86. The van der Waals surface area contributed by atoms with E-state index >= 15 is 0 Å². The molecule has 0 aromatic heterocycles. The number of nitrogens with zero attached hydrogens (tertiary/aromatic N) is 1. The SMILES string of the molecule is C=C(C)C(=O)CCCN1CCCC1=O. The Morgan fingerprint density at radius 1 is 1.57 bits per heavy atom. The molecule has 0 atom stereocenters. The molecular weight excluding hydrogens is 178 g/mol. The number of amides is 1. The summed E-state index contributed by atoms with van der Waals surface area (Å²) in [5.41, 5.74) is 0.609. The van der Waals surface area contributed by atoms with Crippen molar-refractivity contribution in [3.05, 3.63) is 12.2 Å². The molecule has 0 aliphatic carbocycles. The van der Waals surface area contributed by atoms with Crippen LogP contribution in [0.5, 0.6) is 0 Å². The molecule has 1 amide bonds. The predicted molar refractivity (Wildman–Crippen MR) is 54.9 cm³/mol. The van der Waals surface area contributed by atoms with Gasteiger partial charge in [0.25, 0.3) is 0 Å². The maximum atomic E-state index is 11.2. The third-order valence-corrected chi connectivity index (χ3v) is 2.48. The predicted octanol–water partition coefficient (Wildman–Crippen LogP) is 1.53. The van der Waals surface area contributed by atoms with Crippen LogP contribution in [0.25, 0.3) is 0 Å². The van der Waals surface area contributed by atoms with Gasteiger partial charge in [-0.25, -0.2) is 0 Å². The molecular formula is C11H17NO2. The number of carbonyl (C=O) groups excluding carboxylic acids is 2. The monoisotopic (exact) mass is 195 g/mol. The molecule has 0 aromatic carbocycles. The third-order valence-electron chi connectivity index (χ3n) is 2.48. The summed E-state index contributed by atoms with van der Waals surface area (Å²) in [6.45, 7) is 6.90. The Morgan fingerprint density at radius 2 is 2.29 bits per heavy atom. The van der Waals surface area contributed by atoms with Crippen molar-refractivity contribution in [2.75, 3.05) is 13.1 Å². The summed E-state index contributed by atoms with van der Waals surface area (Å²) < 4.78 is 0. The molecule has 0 N–H and O–H groups in total. The summed E-state index contributed by atoms with van der Waals surface area (Å²) in [7, 11) is 0. The summed E-state index contributed by atoms with van der Waals surface area (Å²) in [6.07, 6.45) is 2.91. The fourth-order valence-electron chi connectivity index (χ4n) is 1.58. The highest BCUT2D eigenvalue weighted by atomic mass is 16.2. The van der Waals surface area contributed by atoms with Crippen LogP contribution in [0.3, 0.4) is 0 Å². The van der Waals surface area contributed by atoms with Gasteiger partial charge in [0.05, 0.1) is 0 Å². The Bertz CT molecular complexity index is 258. The fraction of sp³-hybridized carbons (Fsp3) is 0.636. The molecule has 0 bridgehead atoms. The number of carbonyl (C=O) groups is 2. The molecule has 0 aromatic rings. The van der Waals surface area contributed by atoms with Gasteiger partial charge in [-0.1, -0.05) is 6.58 Å². The van der Waals surface area contributed by atoms with Crippen LogP contribution in [0.1, 0.15) is 32.6 Å². The van der Waals surface area contributed by atoms with Crippen molar-refractivity contribution in [3.63, 3.8) is 0 Å². The molecule has 0 saturated carbocycles. The first-order valence-electron chi connectivity index (χ1n) is 5.07. The van der Waals surface area contributed by atoms with E-state index < -0.39 is 0 Å². The molecule has 1 saturated heterocycles. The normalized spacial score (nSPS) is 16.1. The lowest BCUT2D eigenvalue weighted by atomic mass is 10.1.